The molecule has 0 unspecified atom stereocenters. The van der Waals surface area contributed by atoms with Crippen molar-refractivity contribution < 1.29 is 14.3 Å². The third kappa shape index (κ3) is 8.45. The largest absolute Gasteiger partial charge is 0.493 e. The quantitative estimate of drug-likeness (QED) is 0.415. The predicted molar refractivity (Wildman–Crippen MR) is 165 cm³/mol. The van der Waals surface area contributed by atoms with Crippen LogP contribution in [0.4, 0.5) is 23.0 Å². The van der Waals surface area contributed by atoms with E-state index < -0.39 is 0 Å². The number of hydrogen-bond acceptors (Lipinski definition) is 10. The van der Waals surface area contributed by atoms with E-state index in [1.165, 1.54) is 6.33 Å². The number of nitrogens with one attached hydrogen (secondary N) is 3. The zero-order valence-corrected chi connectivity index (χ0v) is 25.0. The molecule has 1 amide bonds. The van der Waals surface area contributed by atoms with E-state index in [1.54, 1.807) is 7.11 Å². The number of piperazine rings is 1. The standard InChI is InChI=1S/C30H39ClN8O3/c1-37-10-12-38(13-11-37)14-15-39-9-7-30(40)32-8-16-42-27-18-24(4-6-26(27)41-2)36-29-19-28(33-21-34-29)35-23-3-5-25(31)22(17-23)20-39/h3-6,17-19,21H,7-16,20H2,1-2H3,(H,32,40)(H2,33,34,35,36). The fourth-order valence-electron chi connectivity index (χ4n) is 5.00. The van der Waals surface area contributed by atoms with Crippen molar-refractivity contribution in [2.45, 2.75) is 13.0 Å². The average Bonchev–Trinajstić information content (AvgIpc) is 2.99. The molecule has 3 aromatic rings. The van der Waals surface area contributed by atoms with Crippen LogP contribution in [0.2, 0.25) is 5.02 Å². The Morgan fingerprint density at radius 3 is 2.40 bits per heavy atom. The lowest BCUT2D eigenvalue weighted by Gasteiger charge is -2.34. The van der Waals surface area contributed by atoms with Crippen LogP contribution in [0.5, 0.6) is 11.5 Å². The molecule has 1 aromatic heterocycles. The lowest BCUT2D eigenvalue weighted by Crippen LogP contribution is -2.47. The summed E-state index contributed by atoms with van der Waals surface area (Å²) in [5.74, 6) is 2.42. The summed E-state index contributed by atoms with van der Waals surface area (Å²) in [4.78, 5) is 28.7. The van der Waals surface area contributed by atoms with Crippen molar-refractivity contribution in [2.24, 2.45) is 0 Å². The normalized spacial score (nSPS) is 17.7. The minimum Gasteiger partial charge on any atom is -0.493 e. The highest BCUT2D eigenvalue weighted by Crippen LogP contribution is 2.32. The molecule has 3 heterocycles. The fraction of sp³-hybridized carbons (Fsp3) is 0.433. The van der Waals surface area contributed by atoms with Gasteiger partial charge in [-0.2, -0.15) is 0 Å². The van der Waals surface area contributed by atoms with E-state index in [9.17, 15) is 4.79 Å². The first-order valence-electron chi connectivity index (χ1n) is 14.3. The summed E-state index contributed by atoms with van der Waals surface area (Å²) in [6, 6.07) is 13.3. The van der Waals surface area contributed by atoms with Gasteiger partial charge in [-0.3, -0.25) is 14.6 Å². The molecule has 0 radical (unpaired) electrons. The fourth-order valence-corrected chi connectivity index (χ4v) is 5.17. The molecule has 11 nitrogen and oxygen atoms in total. The number of benzene rings is 2. The van der Waals surface area contributed by atoms with E-state index in [0.717, 1.165) is 56.2 Å². The number of carbonyl (C=O) groups is 1. The van der Waals surface area contributed by atoms with Gasteiger partial charge >= 0.3 is 0 Å². The van der Waals surface area contributed by atoms with E-state index in [-0.39, 0.29) is 5.91 Å². The minimum atomic E-state index is -0.0165. The first-order chi connectivity index (χ1) is 20.4. The van der Waals surface area contributed by atoms with E-state index in [4.69, 9.17) is 21.1 Å². The van der Waals surface area contributed by atoms with E-state index >= 15 is 0 Å². The summed E-state index contributed by atoms with van der Waals surface area (Å²) in [6.45, 7) is 7.96. The third-order valence-electron chi connectivity index (χ3n) is 7.48. The lowest BCUT2D eigenvalue weighted by atomic mass is 10.1. The van der Waals surface area contributed by atoms with E-state index in [0.29, 0.717) is 60.8 Å². The second kappa shape index (κ2) is 14.5. The van der Waals surface area contributed by atoms with Crippen LogP contribution in [0.1, 0.15) is 12.0 Å². The molecule has 6 bridgehead atoms. The molecule has 5 rings (SSSR count). The molecule has 3 N–H and O–H groups in total. The molecular weight excluding hydrogens is 556 g/mol. The van der Waals surface area contributed by atoms with Crippen molar-refractivity contribution in [3.8, 4) is 11.5 Å². The Hall–Kier alpha value is -3.64. The number of rotatable bonds is 4. The number of aromatic nitrogens is 2. The Morgan fingerprint density at radius 1 is 0.929 bits per heavy atom. The zero-order valence-electron chi connectivity index (χ0n) is 24.2. The molecular formula is C30H39ClN8O3. The molecule has 1 saturated heterocycles. The summed E-state index contributed by atoms with van der Waals surface area (Å²) in [6.07, 6.45) is 1.89. The number of likely N-dealkylation sites (N-methyl/N-ethyl adjacent to an activating group) is 1. The summed E-state index contributed by atoms with van der Waals surface area (Å²) in [5.41, 5.74) is 2.63. The number of methoxy groups -OCH3 is 1. The van der Waals surface area contributed by atoms with Crippen LogP contribution < -0.4 is 25.4 Å². The van der Waals surface area contributed by atoms with Crippen LogP contribution in [-0.4, -0.2) is 104 Å². The van der Waals surface area contributed by atoms with Crippen LogP contribution in [-0.2, 0) is 11.3 Å². The molecule has 0 spiro atoms. The smallest absolute Gasteiger partial charge is 0.221 e. The molecule has 1 fully saturated rings. The summed E-state index contributed by atoms with van der Waals surface area (Å²) in [7, 11) is 3.76. The van der Waals surface area contributed by atoms with Gasteiger partial charge in [0.1, 0.15) is 24.6 Å². The molecule has 2 aromatic carbocycles. The molecule has 42 heavy (non-hydrogen) atoms. The van der Waals surface area contributed by atoms with Gasteiger partial charge in [0.2, 0.25) is 5.91 Å². The Bertz CT molecular complexity index is 1350. The Morgan fingerprint density at radius 2 is 1.64 bits per heavy atom. The summed E-state index contributed by atoms with van der Waals surface area (Å²) in [5, 5.41) is 10.4. The first kappa shape index (κ1) is 29.8. The van der Waals surface area contributed by atoms with Crippen molar-refractivity contribution in [2.75, 3.05) is 83.8 Å². The Labute approximate surface area is 252 Å². The number of amides is 1. The Balaban J connectivity index is 1.37. The molecule has 224 valence electrons. The topological polar surface area (TPSA) is 107 Å². The van der Waals surface area contributed by atoms with Gasteiger partial charge in [-0.25, -0.2) is 9.97 Å². The van der Waals surface area contributed by atoms with Crippen LogP contribution in [0.25, 0.3) is 0 Å². The van der Waals surface area contributed by atoms with Gasteiger partial charge in [0, 0.05) is 87.3 Å². The van der Waals surface area contributed by atoms with Crippen LogP contribution in [0.15, 0.2) is 48.8 Å². The zero-order chi connectivity index (χ0) is 29.3. The third-order valence-corrected chi connectivity index (χ3v) is 7.85. The van der Waals surface area contributed by atoms with Crippen LogP contribution in [0.3, 0.4) is 0 Å². The van der Waals surface area contributed by atoms with Gasteiger partial charge < -0.3 is 30.3 Å². The van der Waals surface area contributed by atoms with Gasteiger partial charge in [0.15, 0.2) is 11.5 Å². The number of carbonyl (C=O) groups excluding carboxylic acids is 1. The predicted octanol–water partition coefficient (Wildman–Crippen LogP) is 3.57. The van der Waals surface area contributed by atoms with Gasteiger partial charge in [0.25, 0.3) is 0 Å². The summed E-state index contributed by atoms with van der Waals surface area (Å²) < 4.78 is 11.4. The maximum atomic E-state index is 12.8. The van der Waals surface area contributed by atoms with Crippen molar-refractivity contribution in [1.82, 2.24) is 30.0 Å². The molecule has 2 aliphatic rings. The highest BCUT2D eigenvalue weighted by molar-refractivity contribution is 6.31. The maximum Gasteiger partial charge on any atom is 0.221 e. The van der Waals surface area contributed by atoms with Gasteiger partial charge in [-0.15, -0.1) is 0 Å². The van der Waals surface area contributed by atoms with E-state index in [2.05, 4.69) is 47.7 Å². The molecule has 0 saturated carbocycles. The molecule has 2 aliphatic heterocycles. The number of ether oxygens (including phenoxy) is 2. The van der Waals surface area contributed by atoms with E-state index in [1.807, 2.05) is 42.5 Å². The number of nitrogens with zero attached hydrogens (tertiary/aromatic N) is 5. The lowest BCUT2D eigenvalue weighted by molar-refractivity contribution is -0.121. The van der Waals surface area contributed by atoms with Gasteiger partial charge in [-0.1, -0.05) is 11.6 Å². The molecule has 12 heteroatoms. The highest BCUT2D eigenvalue weighted by Gasteiger charge is 2.17. The highest BCUT2D eigenvalue weighted by atomic mass is 35.5. The SMILES string of the molecule is COc1ccc2cc1OCCNC(=O)CCN(CCN1CCN(C)CC1)Cc1cc(ccc1Cl)Nc1cc(ncn1)N2. The van der Waals surface area contributed by atoms with Gasteiger partial charge in [0.05, 0.1) is 13.7 Å². The maximum absolute atomic E-state index is 12.8. The second-order valence-corrected chi connectivity index (χ2v) is 11.0. The van der Waals surface area contributed by atoms with Crippen molar-refractivity contribution in [1.29, 1.82) is 0 Å². The summed E-state index contributed by atoms with van der Waals surface area (Å²) >= 11 is 6.67. The number of halogens is 1. The first-order valence-corrected chi connectivity index (χ1v) is 14.7. The van der Waals surface area contributed by atoms with Crippen LogP contribution >= 0.6 is 11.6 Å². The van der Waals surface area contributed by atoms with Crippen molar-refractivity contribution >= 4 is 40.5 Å². The monoisotopic (exact) mass is 594 g/mol. The van der Waals surface area contributed by atoms with Gasteiger partial charge in [-0.05, 0) is 42.9 Å². The van der Waals surface area contributed by atoms with Crippen LogP contribution in [0, 0.1) is 0 Å². The van der Waals surface area contributed by atoms with Crippen molar-refractivity contribution in [3.63, 3.8) is 0 Å². The average molecular weight is 595 g/mol. The number of anilines is 4. The van der Waals surface area contributed by atoms with Crippen molar-refractivity contribution in [3.05, 3.63) is 59.4 Å². The molecule has 0 aliphatic carbocycles. The number of hydrogen-bond donors (Lipinski definition) is 3. The number of fused-ring (bicyclic) bond motifs is 6. The Kier molecular flexibility index (Phi) is 10.3. The second-order valence-electron chi connectivity index (χ2n) is 10.6. The molecule has 0 atom stereocenters. The minimum absolute atomic E-state index is 0.0165.